The minimum absolute atomic E-state index is 0.0196. The largest absolute Gasteiger partial charge is 0.334 e. The maximum absolute atomic E-state index is 12.1. The summed E-state index contributed by atoms with van der Waals surface area (Å²) in [6.07, 6.45) is 1.66. The van der Waals surface area contributed by atoms with Gasteiger partial charge in [0, 0.05) is 24.0 Å². The van der Waals surface area contributed by atoms with E-state index in [9.17, 15) is 14.9 Å². The molecule has 2 aromatic heterocycles. The van der Waals surface area contributed by atoms with Crippen LogP contribution in [0.5, 0.6) is 0 Å². The highest BCUT2D eigenvalue weighted by Crippen LogP contribution is 2.19. The normalized spacial score (nSPS) is 11.2. The number of pyridine rings is 1. The van der Waals surface area contributed by atoms with Gasteiger partial charge in [-0.15, -0.1) is 10.2 Å². The van der Waals surface area contributed by atoms with Gasteiger partial charge >= 0.3 is 0 Å². The summed E-state index contributed by atoms with van der Waals surface area (Å²) in [5.41, 5.74) is 4.25. The summed E-state index contributed by atoms with van der Waals surface area (Å²) >= 11 is 1.05. The maximum atomic E-state index is 12.1. The average Bonchev–Trinajstić information content (AvgIpc) is 3.10. The molecule has 0 radical (unpaired) electrons. The van der Waals surface area contributed by atoms with E-state index in [1.54, 1.807) is 25.3 Å². The lowest BCUT2D eigenvalue weighted by Crippen LogP contribution is -2.17. The highest BCUT2D eigenvalue weighted by atomic mass is 32.2. The molecule has 0 unspecified atom stereocenters. The van der Waals surface area contributed by atoms with Crippen molar-refractivity contribution in [3.8, 4) is 0 Å². The van der Waals surface area contributed by atoms with Crippen molar-refractivity contribution >= 4 is 40.7 Å². The summed E-state index contributed by atoms with van der Waals surface area (Å²) in [6, 6.07) is 11.1. The molecule has 4 N–H and O–H groups in total. The number of carbonyl (C=O) groups excluding carboxylic acids is 1. The number of aromatic nitrogens is 4. The van der Waals surface area contributed by atoms with Crippen LogP contribution in [-0.4, -0.2) is 42.2 Å². The summed E-state index contributed by atoms with van der Waals surface area (Å²) in [5.74, 6) is 5.73. The Labute approximate surface area is 174 Å². The van der Waals surface area contributed by atoms with Crippen LogP contribution in [0.3, 0.4) is 0 Å². The number of nitrogens with one attached hydrogen (secondary N) is 2. The number of hydrogen-bond acceptors (Lipinski definition) is 10. The molecule has 1 amide bonds. The topological polar surface area (TPSA) is 166 Å². The molecule has 154 valence electrons. The van der Waals surface area contributed by atoms with E-state index < -0.39 is 4.92 Å². The van der Waals surface area contributed by atoms with Gasteiger partial charge < -0.3 is 11.2 Å². The van der Waals surface area contributed by atoms with Crippen LogP contribution < -0.4 is 16.6 Å². The fourth-order valence-corrected chi connectivity index (χ4v) is 2.90. The van der Waals surface area contributed by atoms with Gasteiger partial charge in [-0.1, -0.05) is 23.9 Å². The number of thioether (sulfide) groups is 1. The number of nitro benzene ring substituents is 1. The molecule has 0 aliphatic rings. The SMILES string of the molecule is C/C(=N\Nc1nnc(SCC(=O)Nc2cccc([N+](=O)[O-])c2)n1N)c1ccccn1. The number of nitrogens with zero attached hydrogens (tertiary/aromatic N) is 6. The molecule has 0 aliphatic heterocycles. The lowest BCUT2D eigenvalue weighted by atomic mass is 10.3. The predicted molar refractivity (Wildman–Crippen MR) is 113 cm³/mol. The van der Waals surface area contributed by atoms with Crippen LogP contribution in [0.25, 0.3) is 0 Å². The predicted octanol–water partition coefficient (Wildman–Crippen LogP) is 1.86. The molecule has 0 aliphatic carbocycles. The van der Waals surface area contributed by atoms with Crippen LogP contribution in [0.1, 0.15) is 12.6 Å². The van der Waals surface area contributed by atoms with E-state index in [1.807, 2.05) is 12.1 Å². The summed E-state index contributed by atoms with van der Waals surface area (Å²) < 4.78 is 1.17. The monoisotopic (exact) mass is 427 g/mol. The smallest absolute Gasteiger partial charge is 0.271 e. The molecular weight excluding hydrogens is 410 g/mol. The van der Waals surface area contributed by atoms with Gasteiger partial charge in [-0.3, -0.25) is 19.9 Å². The molecule has 12 nitrogen and oxygen atoms in total. The van der Waals surface area contributed by atoms with Crippen LogP contribution in [-0.2, 0) is 4.79 Å². The van der Waals surface area contributed by atoms with Gasteiger partial charge in [0.05, 0.1) is 22.1 Å². The molecule has 2 heterocycles. The van der Waals surface area contributed by atoms with Crippen LogP contribution in [0, 0.1) is 10.1 Å². The van der Waals surface area contributed by atoms with Crippen LogP contribution in [0.2, 0.25) is 0 Å². The number of hydrogen-bond donors (Lipinski definition) is 3. The van der Waals surface area contributed by atoms with Crippen LogP contribution in [0.4, 0.5) is 17.3 Å². The Bertz CT molecular complexity index is 1090. The standard InChI is InChI=1S/C17H17N9O3S/c1-11(14-7-2-3-8-19-14)21-22-16-23-24-17(25(16)18)30-10-15(27)20-12-5-4-6-13(9-12)26(28)29/h2-9H,10,18H2,1H3,(H,20,27)(H,22,23)/b21-11+. The number of nitro groups is 1. The molecule has 0 saturated carbocycles. The fourth-order valence-electron chi connectivity index (χ4n) is 2.24. The van der Waals surface area contributed by atoms with Crippen LogP contribution in [0.15, 0.2) is 58.9 Å². The Morgan fingerprint density at radius 2 is 2.13 bits per heavy atom. The van der Waals surface area contributed by atoms with Gasteiger partial charge in [0.2, 0.25) is 11.1 Å². The molecule has 30 heavy (non-hydrogen) atoms. The van der Waals surface area contributed by atoms with Gasteiger partial charge in [-0.2, -0.15) is 5.10 Å². The third-order valence-corrected chi connectivity index (χ3v) is 4.64. The van der Waals surface area contributed by atoms with Crippen molar-refractivity contribution < 1.29 is 9.72 Å². The molecule has 0 saturated heterocycles. The first-order valence-electron chi connectivity index (χ1n) is 8.53. The Morgan fingerprint density at radius 3 is 2.87 bits per heavy atom. The zero-order chi connectivity index (χ0) is 21.5. The highest BCUT2D eigenvalue weighted by molar-refractivity contribution is 7.99. The molecular formula is C17H17N9O3S. The van der Waals surface area contributed by atoms with E-state index in [-0.39, 0.29) is 28.5 Å². The first kappa shape index (κ1) is 20.7. The molecule has 0 atom stereocenters. The summed E-state index contributed by atoms with van der Waals surface area (Å²) in [6.45, 7) is 1.78. The zero-order valence-corrected chi connectivity index (χ0v) is 16.5. The minimum atomic E-state index is -0.534. The van der Waals surface area contributed by atoms with E-state index in [4.69, 9.17) is 5.84 Å². The third-order valence-electron chi connectivity index (χ3n) is 3.70. The van der Waals surface area contributed by atoms with Crippen molar-refractivity contribution in [2.75, 3.05) is 22.3 Å². The van der Waals surface area contributed by atoms with E-state index in [0.717, 1.165) is 11.8 Å². The number of hydrazone groups is 1. The Hall–Kier alpha value is -4.00. The van der Waals surface area contributed by atoms with Gasteiger partial charge in [-0.25, -0.2) is 10.1 Å². The molecule has 3 rings (SSSR count). The van der Waals surface area contributed by atoms with E-state index in [1.165, 1.54) is 22.9 Å². The average molecular weight is 427 g/mol. The number of nitrogens with two attached hydrogens (primary N) is 1. The molecule has 0 bridgehead atoms. The first-order chi connectivity index (χ1) is 14.4. The summed E-state index contributed by atoms with van der Waals surface area (Å²) in [7, 11) is 0. The number of anilines is 2. The maximum Gasteiger partial charge on any atom is 0.271 e. The minimum Gasteiger partial charge on any atom is -0.334 e. The summed E-state index contributed by atoms with van der Waals surface area (Å²) in [5, 5.41) is 25.7. The van der Waals surface area contributed by atoms with Gasteiger partial charge in [0.1, 0.15) is 0 Å². The molecule has 3 aromatic rings. The Morgan fingerprint density at radius 1 is 1.30 bits per heavy atom. The van der Waals surface area contributed by atoms with E-state index in [2.05, 4.69) is 31.0 Å². The fraction of sp³-hybridized carbons (Fsp3) is 0.118. The van der Waals surface area contributed by atoms with Gasteiger partial charge in [0.25, 0.3) is 11.6 Å². The number of amides is 1. The number of non-ortho nitro benzene ring substituents is 1. The van der Waals surface area contributed by atoms with E-state index in [0.29, 0.717) is 17.1 Å². The quantitative estimate of drug-likeness (QED) is 0.160. The zero-order valence-electron chi connectivity index (χ0n) is 15.7. The van der Waals surface area contributed by atoms with Crippen molar-refractivity contribution in [1.29, 1.82) is 0 Å². The molecule has 0 spiro atoms. The molecule has 0 fully saturated rings. The lowest BCUT2D eigenvalue weighted by Gasteiger charge is -2.05. The van der Waals surface area contributed by atoms with Crippen molar-refractivity contribution in [1.82, 2.24) is 19.9 Å². The molecule has 13 heteroatoms. The second kappa shape index (κ2) is 9.47. The second-order valence-corrected chi connectivity index (χ2v) is 6.79. The first-order valence-corrected chi connectivity index (χ1v) is 9.52. The summed E-state index contributed by atoms with van der Waals surface area (Å²) in [4.78, 5) is 26.6. The lowest BCUT2D eigenvalue weighted by molar-refractivity contribution is -0.384. The Balaban J connectivity index is 1.56. The van der Waals surface area contributed by atoms with Gasteiger partial charge in [0.15, 0.2) is 0 Å². The molecule has 1 aromatic carbocycles. The van der Waals surface area contributed by atoms with Crippen molar-refractivity contribution in [2.45, 2.75) is 12.1 Å². The number of rotatable bonds is 8. The van der Waals surface area contributed by atoms with Crippen molar-refractivity contribution in [3.63, 3.8) is 0 Å². The highest BCUT2D eigenvalue weighted by Gasteiger charge is 2.13. The Kier molecular flexibility index (Phi) is 6.54. The van der Waals surface area contributed by atoms with E-state index >= 15 is 0 Å². The third kappa shape index (κ3) is 5.29. The van der Waals surface area contributed by atoms with Crippen LogP contribution >= 0.6 is 11.8 Å². The number of carbonyl (C=O) groups is 1. The van der Waals surface area contributed by atoms with Crippen molar-refractivity contribution in [2.24, 2.45) is 5.10 Å². The number of benzene rings is 1. The van der Waals surface area contributed by atoms with Crippen molar-refractivity contribution in [3.05, 3.63) is 64.5 Å². The number of nitrogen functional groups attached to an aromatic ring is 1. The second-order valence-electron chi connectivity index (χ2n) is 5.84. The van der Waals surface area contributed by atoms with Gasteiger partial charge in [-0.05, 0) is 25.1 Å².